The van der Waals surface area contributed by atoms with Gasteiger partial charge in [0.05, 0.1) is 22.1 Å². The lowest BCUT2D eigenvalue weighted by Crippen LogP contribution is -2.15. The van der Waals surface area contributed by atoms with E-state index >= 15 is 0 Å². The highest BCUT2D eigenvalue weighted by Gasteiger charge is 2.18. The average molecular weight is 347 g/mol. The molecule has 0 radical (unpaired) electrons. The van der Waals surface area contributed by atoms with Gasteiger partial charge in [-0.2, -0.15) is 4.73 Å². The second kappa shape index (κ2) is 5.22. The quantitative estimate of drug-likeness (QED) is 0.785. The van der Waals surface area contributed by atoms with Gasteiger partial charge in [-0.3, -0.25) is 4.79 Å². The maximum absolute atomic E-state index is 11.1. The average Bonchev–Trinajstić information content (AvgIpc) is 2.60. The minimum Gasteiger partial charge on any atom is -0.424 e. The molecule has 1 aromatic carbocycles. The fourth-order valence-corrected chi connectivity index (χ4v) is 2.23. The van der Waals surface area contributed by atoms with Gasteiger partial charge in [0.2, 0.25) is 0 Å². The van der Waals surface area contributed by atoms with Crippen molar-refractivity contribution in [3.05, 3.63) is 27.8 Å². The first-order chi connectivity index (χ1) is 8.90. The van der Waals surface area contributed by atoms with E-state index in [2.05, 4.69) is 15.9 Å². The summed E-state index contributed by atoms with van der Waals surface area (Å²) in [7, 11) is 0. The van der Waals surface area contributed by atoms with Crippen molar-refractivity contribution in [3.8, 4) is 5.75 Å². The SMILES string of the molecule is CC(=O)Oc1cn(OC(C)=O)c2ccc(Br)c(Cl)c12. The van der Waals surface area contributed by atoms with Gasteiger partial charge in [0.1, 0.15) is 0 Å². The van der Waals surface area contributed by atoms with E-state index in [1.165, 1.54) is 24.8 Å². The highest BCUT2D eigenvalue weighted by Crippen LogP contribution is 2.38. The minimum absolute atomic E-state index is 0.232. The Kier molecular flexibility index (Phi) is 3.82. The summed E-state index contributed by atoms with van der Waals surface area (Å²) < 4.78 is 6.93. The van der Waals surface area contributed by atoms with Crippen LogP contribution in [0.2, 0.25) is 5.02 Å². The van der Waals surface area contributed by atoms with Crippen LogP contribution >= 0.6 is 27.5 Å². The molecule has 0 spiro atoms. The Morgan fingerprint density at radius 3 is 2.53 bits per heavy atom. The van der Waals surface area contributed by atoms with Crippen LogP contribution in [0.4, 0.5) is 0 Å². The molecule has 1 heterocycles. The number of aromatic nitrogens is 1. The Hall–Kier alpha value is -1.53. The van der Waals surface area contributed by atoms with E-state index in [4.69, 9.17) is 21.2 Å². The van der Waals surface area contributed by atoms with Gasteiger partial charge in [0.15, 0.2) is 5.75 Å². The first-order valence-electron chi connectivity index (χ1n) is 5.26. The number of carbonyl (C=O) groups is 2. The lowest BCUT2D eigenvalue weighted by Gasteiger charge is -2.03. The molecule has 2 rings (SSSR count). The maximum atomic E-state index is 11.1. The molecule has 0 aliphatic carbocycles. The van der Waals surface area contributed by atoms with E-state index in [1.807, 2.05) is 0 Å². The van der Waals surface area contributed by atoms with E-state index < -0.39 is 11.9 Å². The number of hydrogen-bond acceptors (Lipinski definition) is 4. The largest absolute Gasteiger partial charge is 0.424 e. The molecule has 7 heteroatoms. The van der Waals surface area contributed by atoms with Crippen LogP contribution in [0.15, 0.2) is 22.8 Å². The second-order valence-electron chi connectivity index (χ2n) is 3.75. The van der Waals surface area contributed by atoms with Crippen LogP contribution in [0.25, 0.3) is 10.9 Å². The number of esters is 1. The molecule has 0 amide bonds. The van der Waals surface area contributed by atoms with Gasteiger partial charge < -0.3 is 9.57 Å². The number of rotatable bonds is 2. The number of ether oxygens (including phenoxy) is 1. The van der Waals surface area contributed by atoms with Gasteiger partial charge in [-0.1, -0.05) is 11.6 Å². The van der Waals surface area contributed by atoms with Crippen molar-refractivity contribution in [3.63, 3.8) is 0 Å². The number of fused-ring (bicyclic) bond motifs is 1. The standard InChI is InChI=1S/C12H9BrClNO4/c1-6(16)18-10-5-15(19-7(2)17)9-4-3-8(13)12(14)11(9)10/h3-5H,1-2H3. The monoisotopic (exact) mass is 345 g/mol. The fourth-order valence-electron chi connectivity index (χ4n) is 1.65. The van der Waals surface area contributed by atoms with Crippen LogP contribution in [0.3, 0.4) is 0 Å². The Morgan fingerprint density at radius 1 is 1.26 bits per heavy atom. The van der Waals surface area contributed by atoms with Crippen molar-refractivity contribution in [2.45, 2.75) is 13.8 Å². The van der Waals surface area contributed by atoms with Crippen LogP contribution in [-0.2, 0) is 9.59 Å². The van der Waals surface area contributed by atoms with Gasteiger partial charge in [-0.25, -0.2) is 4.79 Å². The first-order valence-corrected chi connectivity index (χ1v) is 6.43. The number of benzene rings is 1. The highest BCUT2D eigenvalue weighted by atomic mass is 79.9. The van der Waals surface area contributed by atoms with Crippen LogP contribution in [0, 0.1) is 0 Å². The first kappa shape index (κ1) is 13.9. The fraction of sp³-hybridized carbons (Fsp3) is 0.167. The van der Waals surface area contributed by atoms with E-state index in [1.54, 1.807) is 12.1 Å². The van der Waals surface area contributed by atoms with Gasteiger partial charge >= 0.3 is 11.9 Å². The summed E-state index contributed by atoms with van der Waals surface area (Å²) in [4.78, 5) is 27.1. The van der Waals surface area contributed by atoms with Gasteiger partial charge in [-0.05, 0) is 28.1 Å². The molecule has 0 aliphatic heterocycles. The van der Waals surface area contributed by atoms with E-state index in [9.17, 15) is 9.59 Å². The third kappa shape index (κ3) is 2.74. The molecule has 0 unspecified atom stereocenters. The summed E-state index contributed by atoms with van der Waals surface area (Å²) in [5, 5.41) is 0.868. The lowest BCUT2D eigenvalue weighted by molar-refractivity contribution is -0.140. The molecule has 1 aromatic heterocycles. The molecule has 0 bridgehead atoms. The Labute approximate surface area is 122 Å². The molecular formula is C12H9BrClNO4. The molecule has 0 fully saturated rings. The third-order valence-electron chi connectivity index (χ3n) is 2.27. The van der Waals surface area contributed by atoms with Crippen molar-refractivity contribution in [2.75, 3.05) is 0 Å². The molecule has 0 saturated heterocycles. The summed E-state index contributed by atoms with van der Waals surface area (Å²) in [6.45, 7) is 2.55. The van der Waals surface area contributed by atoms with Crippen LogP contribution in [-0.4, -0.2) is 16.7 Å². The highest BCUT2D eigenvalue weighted by molar-refractivity contribution is 9.10. The van der Waals surface area contributed by atoms with Crippen molar-refractivity contribution in [1.82, 2.24) is 4.73 Å². The predicted molar refractivity (Wildman–Crippen MR) is 73.2 cm³/mol. The van der Waals surface area contributed by atoms with Crippen molar-refractivity contribution in [1.29, 1.82) is 0 Å². The molecular weight excluding hydrogens is 337 g/mol. The Bertz CT molecular complexity index is 680. The van der Waals surface area contributed by atoms with Gasteiger partial charge in [-0.15, -0.1) is 0 Å². The lowest BCUT2D eigenvalue weighted by atomic mass is 10.2. The number of carbonyl (C=O) groups excluding carboxylic acids is 2. The summed E-state index contributed by atoms with van der Waals surface area (Å²) >= 11 is 9.46. The molecule has 19 heavy (non-hydrogen) atoms. The number of halogens is 2. The summed E-state index contributed by atoms with van der Waals surface area (Å²) in [5.74, 6) is -0.752. The Morgan fingerprint density at radius 2 is 1.95 bits per heavy atom. The topological polar surface area (TPSA) is 57.5 Å². The smallest absolute Gasteiger partial charge is 0.329 e. The van der Waals surface area contributed by atoms with E-state index in [-0.39, 0.29) is 5.75 Å². The van der Waals surface area contributed by atoms with Crippen molar-refractivity contribution < 1.29 is 19.2 Å². The molecule has 0 atom stereocenters. The van der Waals surface area contributed by atoms with Crippen molar-refractivity contribution >= 4 is 50.4 Å². The number of nitrogens with zero attached hydrogens (tertiary/aromatic N) is 1. The molecule has 5 nitrogen and oxygen atoms in total. The molecule has 0 N–H and O–H groups in total. The van der Waals surface area contributed by atoms with E-state index in [0.29, 0.717) is 20.4 Å². The molecule has 2 aromatic rings. The summed E-state index contributed by atoms with van der Waals surface area (Å²) in [6, 6.07) is 3.41. The van der Waals surface area contributed by atoms with Gasteiger partial charge in [0, 0.05) is 18.3 Å². The summed E-state index contributed by atoms with van der Waals surface area (Å²) in [5.41, 5.74) is 0.527. The Balaban J connectivity index is 2.69. The predicted octanol–water partition coefficient (Wildman–Crippen LogP) is 2.96. The van der Waals surface area contributed by atoms with Crippen molar-refractivity contribution in [2.24, 2.45) is 0 Å². The zero-order chi connectivity index (χ0) is 14.2. The zero-order valence-electron chi connectivity index (χ0n) is 10.1. The minimum atomic E-state index is -0.495. The molecule has 0 aliphatic rings. The zero-order valence-corrected chi connectivity index (χ0v) is 12.4. The van der Waals surface area contributed by atoms with Crippen LogP contribution in [0.5, 0.6) is 5.75 Å². The van der Waals surface area contributed by atoms with Crippen LogP contribution in [0.1, 0.15) is 13.8 Å². The molecule has 0 saturated carbocycles. The maximum Gasteiger partial charge on any atom is 0.329 e. The summed E-state index contributed by atoms with van der Waals surface area (Å²) in [6.07, 6.45) is 1.39. The normalized spacial score (nSPS) is 10.5. The number of hydrogen-bond donors (Lipinski definition) is 0. The van der Waals surface area contributed by atoms with Gasteiger partial charge in [0.25, 0.3) is 0 Å². The van der Waals surface area contributed by atoms with E-state index in [0.717, 1.165) is 0 Å². The van der Waals surface area contributed by atoms with Crippen LogP contribution < -0.4 is 9.57 Å². The molecule has 100 valence electrons. The second-order valence-corrected chi connectivity index (χ2v) is 4.98. The third-order valence-corrected chi connectivity index (χ3v) is 3.55.